The van der Waals surface area contributed by atoms with Crippen LogP contribution in [0.2, 0.25) is 10.0 Å². The summed E-state index contributed by atoms with van der Waals surface area (Å²) < 4.78 is 11.8. The summed E-state index contributed by atoms with van der Waals surface area (Å²) in [6.45, 7) is 6.01. The molecule has 0 fully saturated rings. The van der Waals surface area contributed by atoms with Gasteiger partial charge in [0.05, 0.1) is 12.6 Å². The van der Waals surface area contributed by atoms with Crippen LogP contribution in [0.25, 0.3) is 0 Å². The van der Waals surface area contributed by atoms with E-state index >= 15 is 0 Å². The summed E-state index contributed by atoms with van der Waals surface area (Å²) in [5.74, 6) is 1.12. The lowest BCUT2D eigenvalue weighted by Gasteiger charge is -2.30. The van der Waals surface area contributed by atoms with Crippen LogP contribution in [0, 0.1) is 0 Å². The van der Waals surface area contributed by atoms with Gasteiger partial charge in [-0.1, -0.05) is 35.3 Å². The SMILES string of the molecule is CCOc1cc([C@@H]2NC(=S)NC(C)=C2C(C)=O)ccc1OCc1ccc(Cl)cc1Cl. The molecule has 0 saturated heterocycles. The van der Waals surface area contributed by atoms with Gasteiger partial charge in [0.2, 0.25) is 0 Å². The summed E-state index contributed by atoms with van der Waals surface area (Å²) in [6.07, 6.45) is 0. The van der Waals surface area contributed by atoms with Crippen molar-refractivity contribution in [2.45, 2.75) is 33.4 Å². The van der Waals surface area contributed by atoms with Crippen LogP contribution in [-0.2, 0) is 11.4 Å². The molecule has 5 nitrogen and oxygen atoms in total. The van der Waals surface area contributed by atoms with Crippen LogP contribution in [-0.4, -0.2) is 17.5 Å². The van der Waals surface area contributed by atoms with Crippen molar-refractivity contribution in [1.29, 1.82) is 0 Å². The summed E-state index contributed by atoms with van der Waals surface area (Å²) in [5, 5.41) is 7.76. The zero-order chi connectivity index (χ0) is 21.8. The number of carbonyl (C=O) groups is 1. The van der Waals surface area contributed by atoms with Gasteiger partial charge in [-0.25, -0.2) is 0 Å². The maximum absolute atomic E-state index is 12.2. The molecule has 1 heterocycles. The predicted octanol–water partition coefficient (Wildman–Crippen LogP) is 5.35. The summed E-state index contributed by atoms with van der Waals surface area (Å²) in [5.41, 5.74) is 3.04. The number of rotatable bonds is 7. The van der Waals surface area contributed by atoms with Crippen LogP contribution in [0.4, 0.5) is 0 Å². The van der Waals surface area contributed by atoms with Gasteiger partial charge in [-0.3, -0.25) is 4.79 Å². The van der Waals surface area contributed by atoms with E-state index in [1.165, 1.54) is 0 Å². The molecule has 30 heavy (non-hydrogen) atoms. The molecule has 0 saturated carbocycles. The van der Waals surface area contributed by atoms with Crippen molar-refractivity contribution in [1.82, 2.24) is 10.6 Å². The van der Waals surface area contributed by atoms with E-state index in [4.69, 9.17) is 44.9 Å². The Hall–Kier alpha value is -2.28. The number of allylic oxidation sites excluding steroid dienone is 1. The Morgan fingerprint density at radius 3 is 2.57 bits per heavy atom. The minimum absolute atomic E-state index is 0.0318. The molecule has 158 valence electrons. The smallest absolute Gasteiger partial charge is 0.171 e. The maximum Gasteiger partial charge on any atom is 0.171 e. The Morgan fingerprint density at radius 2 is 1.90 bits per heavy atom. The molecule has 0 bridgehead atoms. The fraction of sp³-hybridized carbons (Fsp3) is 0.273. The second kappa shape index (κ2) is 9.69. The largest absolute Gasteiger partial charge is 0.490 e. The first-order valence-corrected chi connectivity index (χ1v) is 10.6. The number of benzene rings is 2. The molecule has 2 aromatic carbocycles. The van der Waals surface area contributed by atoms with E-state index in [0.717, 1.165) is 16.8 Å². The van der Waals surface area contributed by atoms with Crippen molar-refractivity contribution >= 4 is 46.3 Å². The van der Waals surface area contributed by atoms with Crippen molar-refractivity contribution in [2.75, 3.05) is 6.61 Å². The number of ketones is 1. The molecule has 1 aliphatic rings. The Labute approximate surface area is 191 Å². The number of hydrogen-bond acceptors (Lipinski definition) is 4. The topological polar surface area (TPSA) is 59.6 Å². The third-order valence-electron chi connectivity index (χ3n) is 4.65. The molecule has 0 amide bonds. The highest BCUT2D eigenvalue weighted by Gasteiger charge is 2.28. The Bertz CT molecular complexity index is 1020. The lowest BCUT2D eigenvalue weighted by Crippen LogP contribution is -2.44. The van der Waals surface area contributed by atoms with E-state index in [2.05, 4.69) is 10.6 Å². The number of carbonyl (C=O) groups excluding carboxylic acids is 1. The molecule has 3 rings (SSSR count). The Balaban J connectivity index is 1.90. The average Bonchev–Trinajstić information content (AvgIpc) is 2.67. The lowest BCUT2D eigenvalue weighted by atomic mass is 9.93. The van der Waals surface area contributed by atoms with Crippen molar-refractivity contribution in [3.05, 3.63) is 68.8 Å². The third kappa shape index (κ3) is 5.06. The highest BCUT2D eigenvalue weighted by molar-refractivity contribution is 7.80. The molecule has 0 radical (unpaired) electrons. The Kier molecular flexibility index (Phi) is 7.23. The number of thiocarbonyl (C=S) groups is 1. The van der Waals surface area contributed by atoms with Gasteiger partial charge in [0.1, 0.15) is 6.61 Å². The molecular weight excluding hydrogens is 443 g/mol. The standard InChI is InChI=1S/C22H22Cl2N2O3S/c1-4-28-19-9-14(21-20(13(3)27)12(2)25-22(30)26-21)6-8-18(19)29-11-15-5-7-16(23)10-17(15)24/h5-10,21H,4,11H2,1-3H3,(H2,25,26,30)/t21-/m0/s1. The second-order valence-electron chi connectivity index (χ2n) is 6.79. The third-order valence-corrected chi connectivity index (χ3v) is 5.45. The second-order valence-corrected chi connectivity index (χ2v) is 8.04. The van der Waals surface area contributed by atoms with Gasteiger partial charge in [0, 0.05) is 26.9 Å². The maximum atomic E-state index is 12.2. The van der Waals surface area contributed by atoms with Crippen LogP contribution in [0.5, 0.6) is 11.5 Å². The quantitative estimate of drug-likeness (QED) is 0.538. The predicted molar refractivity (Wildman–Crippen MR) is 123 cm³/mol. The normalized spacial score (nSPS) is 16.0. The van der Waals surface area contributed by atoms with Crippen molar-refractivity contribution in [2.24, 2.45) is 0 Å². The lowest BCUT2D eigenvalue weighted by molar-refractivity contribution is -0.114. The fourth-order valence-electron chi connectivity index (χ4n) is 3.30. The first-order valence-electron chi connectivity index (χ1n) is 9.42. The average molecular weight is 465 g/mol. The zero-order valence-corrected chi connectivity index (χ0v) is 19.2. The number of halogens is 2. The minimum atomic E-state index is -0.366. The molecule has 1 aliphatic heterocycles. The van der Waals surface area contributed by atoms with Gasteiger partial charge in [-0.15, -0.1) is 0 Å². The first-order chi connectivity index (χ1) is 14.3. The molecular formula is C22H22Cl2N2O3S. The molecule has 0 spiro atoms. The van der Waals surface area contributed by atoms with Gasteiger partial charge >= 0.3 is 0 Å². The first kappa shape index (κ1) is 22.4. The van der Waals surface area contributed by atoms with Crippen LogP contribution in [0.1, 0.15) is 37.9 Å². The van der Waals surface area contributed by atoms with Gasteiger partial charge in [0.25, 0.3) is 0 Å². The van der Waals surface area contributed by atoms with E-state index in [1.807, 2.05) is 38.1 Å². The zero-order valence-electron chi connectivity index (χ0n) is 16.8. The van der Waals surface area contributed by atoms with Crippen LogP contribution < -0.4 is 20.1 Å². The van der Waals surface area contributed by atoms with Crippen molar-refractivity contribution in [3.63, 3.8) is 0 Å². The van der Waals surface area contributed by atoms with Crippen molar-refractivity contribution < 1.29 is 14.3 Å². The molecule has 2 N–H and O–H groups in total. The summed E-state index contributed by atoms with van der Waals surface area (Å²) in [4.78, 5) is 12.2. The highest BCUT2D eigenvalue weighted by Crippen LogP contribution is 2.35. The summed E-state index contributed by atoms with van der Waals surface area (Å²) in [6, 6.07) is 10.5. The van der Waals surface area contributed by atoms with Crippen LogP contribution >= 0.6 is 35.4 Å². The van der Waals surface area contributed by atoms with E-state index in [0.29, 0.717) is 38.8 Å². The number of ether oxygens (including phenoxy) is 2. The molecule has 1 atom stereocenters. The summed E-state index contributed by atoms with van der Waals surface area (Å²) in [7, 11) is 0. The number of Topliss-reactive ketones (excluding diaryl/α,β-unsaturated/α-hetero) is 1. The molecule has 0 aromatic heterocycles. The van der Waals surface area contributed by atoms with Gasteiger partial charge in [-0.2, -0.15) is 0 Å². The van der Waals surface area contributed by atoms with E-state index < -0.39 is 0 Å². The van der Waals surface area contributed by atoms with Gasteiger partial charge < -0.3 is 20.1 Å². The monoisotopic (exact) mass is 464 g/mol. The highest BCUT2D eigenvalue weighted by atomic mass is 35.5. The Morgan fingerprint density at radius 1 is 1.13 bits per heavy atom. The molecule has 2 aromatic rings. The van der Waals surface area contributed by atoms with Crippen LogP contribution in [0.15, 0.2) is 47.7 Å². The van der Waals surface area contributed by atoms with E-state index in [1.54, 1.807) is 19.1 Å². The molecule has 0 aliphatic carbocycles. The molecule has 8 heteroatoms. The minimum Gasteiger partial charge on any atom is -0.490 e. The van der Waals surface area contributed by atoms with Gasteiger partial charge in [0.15, 0.2) is 22.4 Å². The van der Waals surface area contributed by atoms with Crippen LogP contribution in [0.3, 0.4) is 0 Å². The van der Waals surface area contributed by atoms with Crippen molar-refractivity contribution in [3.8, 4) is 11.5 Å². The molecule has 0 unspecified atom stereocenters. The van der Waals surface area contributed by atoms with Gasteiger partial charge in [-0.05, 0) is 62.8 Å². The number of nitrogens with one attached hydrogen (secondary N) is 2. The number of hydrogen-bond donors (Lipinski definition) is 2. The summed E-state index contributed by atoms with van der Waals surface area (Å²) >= 11 is 17.5. The fourth-order valence-corrected chi connectivity index (χ4v) is 4.03. The van der Waals surface area contributed by atoms with E-state index in [-0.39, 0.29) is 18.4 Å². The van der Waals surface area contributed by atoms with E-state index in [9.17, 15) is 4.79 Å².